The number of carbonyl (C=O) groups is 3. The van der Waals surface area contributed by atoms with Gasteiger partial charge in [-0.3, -0.25) is 9.59 Å². The zero-order valence-electron chi connectivity index (χ0n) is 16.1. The van der Waals surface area contributed by atoms with E-state index in [1.54, 1.807) is 16.7 Å². The maximum absolute atomic E-state index is 12.6. The molecule has 7 nitrogen and oxygen atoms in total. The van der Waals surface area contributed by atoms with Crippen LogP contribution in [0, 0.1) is 0 Å². The van der Waals surface area contributed by atoms with Gasteiger partial charge >= 0.3 is 6.09 Å². The molecule has 1 rings (SSSR count). The van der Waals surface area contributed by atoms with Crippen LogP contribution in [0.3, 0.4) is 0 Å². The van der Waals surface area contributed by atoms with Crippen molar-refractivity contribution in [1.82, 2.24) is 14.7 Å². The summed E-state index contributed by atoms with van der Waals surface area (Å²) < 4.78 is 5.02. The van der Waals surface area contributed by atoms with Gasteiger partial charge in [-0.15, -0.1) is 0 Å². The normalized spacial score (nSPS) is 15.0. The zero-order chi connectivity index (χ0) is 18.8. The summed E-state index contributed by atoms with van der Waals surface area (Å²) in [5.41, 5.74) is 0. The summed E-state index contributed by atoms with van der Waals surface area (Å²) in [5, 5.41) is 0. The maximum Gasteiger partial charge on any atom is 0.409 e. The number of ether oxygens (including phenoxy) is 1. The number of rotatable bonds is 8. The molecule has 1 aliphatic rings. The fourth-order valence-corrected chi connectivity index (χ4v) is 3.22. The van der Waals surface area contributed by atoms with Crippen LogP contribution in [0.25, 0.3) is 0 Å². The Kier molecular flexibility index (Phi) is 9.31. The van der Waals surface area contributed by atoms with E-state index < -0.39 is 0 Å². The van der Waals surface area contributed by atoms with E-state index in [1.165, 1.54) is 6.92 Å². The van der Waals surface area contributed by atoms with Gasteiger partial charge in [0, 0.05) is 39.1 Å². The lowest BCUT2D eigenvalue weighted by atomic mass is 10.0. The van der Waals surface area contributed by atoms with Crippen molar-refractivity contribution >= 4 is 17.9 Å². The number of carbonyl (C=O) groups excluding carboxylic acids is 3. The van der Waals surface area contributed by atoms with Gasteiger partial charge in [0.25, 0.3) is 0 Å². The second-order valence-electron chi connectivity index (χ2n) is 6.44. The van der Waals surface area contributed by atoms with E-state index >= 15 is 0 Å². The molecule has 3 amide bonds. The topological polar surface area (TPSA) is 70.2 Å². The molecule has 1 heterocycles. The van der Waals surface area contributed by atoms with E-state index in [0.717, 1.165) is 25.9 Å². The van der Waals surface area contributed by atoms with Gasteiger partial charge in [0.15, 0.2) is 0 Å². The summed E-state index contributed by atoms with van der Waals surface area (Å²) in [7, 11) is 0. The van der Waals surface area contributed by atoms with Crippen LogP contribution in [0.2, 0.25) is 0 Å². The molecule has 1 aliphatic heterocycles. The molecule has 0 bridgehead atoms. The number of amides is 3. The second-order valence-corrected chi connectivity index (χ2v) is 6.44. The van der Waals surface area contributed by atoms with Crippen LogP contribution in [-0.2, 0) is 14.3 Å². The van der Waals surface area contributed by atoms with E-state index in [1.807, 2.05) is 18.7 Å². The van der Waals surface area contributed by atoms with Crippen LogP contribution in [0.4, 0.5) is 4.79 Å². The molecule has 0 radical (unpaired) electrons. The standard InChI is InChI=1S/C18H33N3O4/c1-5-10-19(11-6-2)17(23)14-21(15(4)22)16-8-12-20(13-9-16)18(24)25-7-3/h16H,5-14H2,1-4H3. The lowest BCUT2D eigenvalue weighted by Crippen LogP contribution is -2.51. The van der Waals surface area contributed by atoms with Gasteiger partial charge < -0.3 is 19.4 Å². The van der Waals surface area contributed by atoms with Crippen molar-refractivity contribution in [1.29, 1.82) is 0 Å². The SMILES string of the molecule is CCCN(CCC)C(=O)CN(C(C)=O)C1CCN(C(=O)OCC)CC1. The Morgan fingerprint density at radius 2 is 1.60 bits per heavy atom. The van der Waals surface area contributed by atoms with Crippen LogP contribution in [0.5, 0.6) is 0 Å². The number of nitrogens with zero attached hydrogens (tertiary/aromatic N) is 3. The fourth-order valence-electron chi connectivity index (χ4n) is 3.22. The third kappa shape index (κ3) is 6.55. The lowest BCUT2D eigenvalue weighted by Gasteiger charge is -2.38. The molecule has 0 aromatic heterocycles. The molecule has 0 atom stereocenters. The molecule has 0 aliphatic carbocycles. The molecule has 0 aromatic rings. The zero-order valence-corrected chi connectivity index (χ0v) is 16.1. The molecule has 0 aromatic carbocycles. The summed E-state index contributed by atoms with van der Waals surface area (Å²) in [5.74, 6) is -0.0809. The summed E-state index contributed by atoms with van der Waals surface area (Å²) in [6.07, 6.45) is 2.86. The first-order valence-corrected chi connectivity index (χ1v) is 9.41. The first kappa shape index (κ1) is 21.3. The van der Waals surface area contributed by atoms with Gasteiger partial charge in [0.1, 0.15) is 0 Å². The molecular formula is C18H33N3O4. The number of hydrogen-bond donors (Lipinski definition) is 0. The molecule has 0 N–H and O–H groups in total. The summed E-state index contributed by atoms with van der Waals surface area (Å²) in [6.45, 7) is 10.4. The van der Waals surface area contributed by atoms with Crippen LogP contribution < -0.4 is 0 Å². The Labute approximate surface area is 151 Å². The minimum Gasteiger partial charge on any atom is -0.450 e. The van der Waals surface area contributed by atoms with E-state index in [0.29, 0.717) is 32.5 Å². The summed E-state index contributed by atoms with van der Waals surface area (Å²) >= 11 is 0. The molecule has 0 saturated carbocycles. The molecular weight excluding hydrogens is 322 g/mol. The van der Waals surface area contributed by atoms with Gasteiger partial charge in [0.2, 0.25) is 11.8 Å². The van der Waals surface area contributed by atoms with Crippen molar-refractivity contribution in [3.63, 3.8) is 0 Å². The Morgan fingerprint density at radius 1 is 1.04 bits per heavy atom. The summed E-state index contributed by atoms with van der Waals surface area (Å²) in [6, 6.07) is -0.00257. The Balaban J connectivity index is 2.64. The first-order valence-electron chi connectivity index (χ1n) is 9.41. The Hall–Kier alpha value is -1.79. The van der Waals surface area contributed by atoms with E-state index in [9.17, 15) is 14.4 Å². The molecule has 1 saturated heterocycles. The third-order valence-electron chi connectivity index (χ3n) is 4.48. The largest absolute Gasteiger partial charge is 0.450 e. The summed E-state index contributed by atoms with van der Waals surface area (Å²) in [4.78, 5) is 41.6. The van der Waals surface area contributed by atoms with Crippen molar-refractivity contribution in [2.24, 2.45) is 0 Å². The van der Waals surface area contributed by atoms with Gasteiger partial charge in [-0.25, -0.2) is 4.79 Å². The van der Waals surface area contributed by atoms with E-state index in [-0.39, 0.29) is 30.5 Å². The molecule has 0 unspecified atom stereocenters. The van der Waals surface area contributed by atoms with Crippen LogP contribution in [-0.4, -0.2) is 78.0 Å². The van der Waals surface area contributed by atoms with Gasteiger partial charge in [-0.05, 0) is 32.6 Å². The van der Waals surface area contributed by atoms with Crippen molar-refractivity contribution in [3.05, 3.63) is 0 Å². The molecule has 144 valence electrons. The maximum atomic E-state index is 12.6. The smallest absolute Gasteiger partial charge is 0.409 e. The van der Waals surface area contributed by atoms with Gasteiger partial charge in [-0.2, -0.15) is 0 Å². The minimum atomic E-state index is -0.302. The van der Waals surface area contributed by atoms with Gasteiger partial charge in [0.05, 0.1) is 13.2 Å². The Morgan fingerprint density at radius 3 is 2.04 bits per heavy atom. The highest BCUT2D eigenvalue weighted by Crippen LogP contribution is 2.18. The average Bonchev–Trinajstić information content (AvgIpc) is 2.59. The van der Waals surface area contributed by atoms with Crippen LogP contribution >= 0.6 is 0 Å². The van der Waals surface area contributed by atoms with Crippen LogP contribution in [0.1, 0.15) is 53.4 Å². The van der Waals surface area contributed by atoms with Gasteiger partial charge in [-0.1, -0.05) is 13.8 Å². The number of piperidine rings is 1. The highest BCUT2D eigenvalue weighted by atomic mass is 16.6. The first-order chi connectivity index (χ1) is 11.9. The third-order valence-corrected chi connectivity index (χ3v) is 4.48. The molecule has 1 fully saturated rings. The monoisotopic (exact) mass is 355 g/mol. The predicted octanol–water partition coefficient (Wildman–Crippen LogP) is 2.10. The lowest BCUT2D eigenvalue weighted by molar-refractivity contribution is -0.142. The van der Waals surface area contributed by atoms with Crippen molar-refractivity contribution < 1.29 is 19.1 Å². The quantitative estimate of drug-likeness (QED) is 0.669. The van der Waals surface area contributed by atoms with Crippen LogP contribution in [0.15, 0.2) is 0 Å². The highest BCUT2D eigenvalue weighted by molar-refractivity contribution is 5.84. The highest BCUT2D eigenvalue weighted by Gasteiger charge is 2.30. The van der Waals surface area contributed by atoms with Crippen molar-refractivity contribution in [2.45, 2.75) is 59.4 Å². The van der Waals surface area contributed by atoms with Crippen molar-refractivity contribution in [2.75, 3.05) is 39.3 Å². The predicted molar refractivity (Wildman–Crippen MR) is 96.2 cm³/mol. The minimum absolute atomic E-state index is 0.00257. The number of hydrogen-bond acceptors (Lipinski definition) is 4. The molecule has 25 heavy (non-hydrogen) atoms. The van der Waals surface area contributed by atoms with Crippen molar-refractivity contribution in [3.8, 4) is 0 Å². The average molecular weight is 355 g/mol. The van der Waals surface area contributed by atoms with E-state index in [2.05, 4.69) is 0 Å². The molecule has 7 heteroatoms. The van der Waals surface area contributed by atoms with E-state index in [4.69, 9.17) is 4.74 Å². The second kappa shape index (κ2) is 10.9. The Bertz CT molecular complexity index is 442. The molecule has 0 spiro atoms. The number of likely N-dealkylation sites (tertiary alicyclic amines) is 1. The fraction of sp³-hybridized carbons (Fsp3) is 0.833.